The second-order valence-electron chi connectivity index (χ2n) is 4.13. The fourth-order valence-corrected chi connectivity index (χ4v) is 2.06. The number of carbonyl (C=O) groups excluding carboxylic acids is 2. The largest absolute Gasteiger partial charge is 0.372 e. The van der Waals surface area contributed by atoms with Gasteiger partial charge in [0.15, 0.2) is 0 Å². The van der Waals surface area contributed by atoms with Crippen LogP contribution in [0.3, 0.4) is 0 Å². The average molecular weight is 236 g/mol. The first kappa shape index (κ1) is 12.0. The Labute approximate surface area is 100 Å². The van der Waals surface area contributed by atoms with Gasteiger partial charge in [0.05, 0.1) is 0 Å². The number of hydrogen-bond acceptors (Lipinski definition) is 3. The van der Waals surface area contributed by atoms with E-state index in [2.05, 4.69) is 4.99 Å². The lowest BCUT2D eigenvalue weighted by Crippen LogP contribution is -2.45. The van der Waals surface area contributed by atoms with Crippen LogP contribution in [-0.2, 0) is 14.3 Å². The van der Waals surface area contributed by atoms with E-state index in [9.17, 15) is 9.59 Å². The molecular formula is C12H16N2O3. The lowest BCUT2D eigenvalue weighted by atomic mass is 9.93. The maximum absolute atomic E-state index is 11.8. The lowest BCUT2D eigenvalue weighted by molar-refractivity contribution is -0.136. The Morgan fingerprint density at radius 1 is 1.65 bits per heavy atom. The van der Waals surface area contributed by atoms with Crippen molar-refractivity contribution < 1.29 is 14.3 Å². The molecule has 0 aliphatic carbocycles. The highest BCUT2D eigenvalue weighted by Gasteiger charge is 2.28. The number of likely N-dealkylation sites (tertiary alicyclic amines) is 1. The molecule has 17 heavy (non-hydrogen) atoms. The van der Waals surface area contributed by atoms with Crippen LogP contribution in [0, 0.1) is 5.92 Å². The van der Waals surface area contributed by atoms with Gasteiger partial charge in [0.1, 0.15) is 6.61 Å². The van der Waals surface area contributed by atoms with Gasteiger partial charge in [-0.3, -0.25) is 9.59 Å². The van der Waals surface area contributed by atoms with Crippen molar-refractivity contribution in [2.75, 3.05) is 26.3 Å². The molecule has 1 saturated heterocycles. The number of dihydropyridines is 1. The van der Waals surface area contributed by atoms with E-state index in [1.807, 2.05) is 13.0 Å². The second kappa shape index (κ2) is 5.23. The van der Waals surface area contributed by atoms with Gasteiger partial charge in [-0.25, -0.2) is 4.99 Å². The maximum Gasteiger partial charge on any atom is 0.269 e. The Balaban J connectivity index is 1.94. The van der Waals surface area contributed by atoms with Crippen molar-refractivity contribution in [3.8, 4) is 0 Å². The summed E-state index contributed by atoms with van der Waals surface area (Å²) in [4.78, 5) is 28.6. The Hall–Kier alpha value is -1.49. The van der Waals surface area contributed by atoms with Crippen LogP contribution in [0.25, 0.3) is 0 Å². The summed E-state index contributed by atoms with van der Waals surface area (Å²) in [7, 11) is 0. The highest BCUT2D eigenvalue weighted by molar-refractivity contribution is 6.05. The van der Waals surface area contributed by atoms with Crippen LogP contribution in [0.4, 0.5) is 0 Å². The van der Waals surface area contributed by atoms with E-state index in [4.69, 9.17) is 4.74 Å². The van der Waals surface area contributed by atoms with E-state index in [-0.39, 0.29) is 24.3 Å². The number of carbonyl (C=O) groups is 2. The van der Waals surface area contributed by atoms with Crippen LogP contribution in [-0.4, -0.2) is 48.7 Å². The summed E-state index contributed by atoms with van der Waals surface area (Å²) in [5.41, 5.74) is 0.901. The van der Waals surface area contributed by atoms with Gasteiger partial charge in [-0.15, -0.1) is 0 Å². The van der Waals surface area contributed by atoms with E-state index < -0.39 is 0 Å². The first-order chi connectivity index (χ1) is 8.20. The molecule has 2 rings (SSSR count). The Bertz CT molecular complexity index is 387. The van der Waals surface area contributed by atoms with E-state index in [1.54, 1.807) is 4.90 Å². The molecule has 0 aromatic carbocycles. The highest BCUT2D eigenvalue weighted by Crippen LogP contribution is 2.19. The normalized spacial score (nSPS) is 23.4. The van der Waals surface area contributed by atoms with Gasteiger partial charge in [-0.05, 0) is 6.92 Å². The number of ether oxygens (including phenoxy) is 1. The molecule has 2 heterocycles. The maximum atomic E-state index is 11.8. The molecule has 2 aliphatic heterocycles. The number of rotatable bonds is 3. The van der Waals surface area contributed by atoms with Crippen molar-refractivity contribution in [1.29, 1.82) is 0 Å². The predicted molar refractivity (Wildman–Crippen MR) is 62.8 cm³/mol. The topological polar surface area (TPSA) is 59.0 Å². The minimum atomic E-state index is -0.189. The summed E-state index contributed by atoms with van der Waals surface area (Å²) in [5.74, 6) is -0.0754. The van der Waals surface area contributed by atoms with E-state index in [0.29, 0.717) is 26.1 Å². The molecular weight excluding hydrogens is 220 g/mol. The Kier molecular flexibility index (Phi) is 3.68. The molecule has 0 aromatic heterocycles. The van der Waals surface area contributed by atoms with Crippen molar-refractivity contribution in [3.63, 3.8) is 0 Å². The molecule has 2 aliphatic rings. The highest BCUT2D eigenvalue weighted by atomic mass is 16.5. The fourth-order valence-electron chi connectivity index (χ4n) is 2.06. The van der Waals surface area contributed by atoms with Gasteiger partial charge >= 0.3 is 0 Å². The number of piperidine rings is 1. The molecule has 2 amide bonds. The van der Waals surface area contributed by atoms with Gasteiger partial charge in [0.2, 0.25) is 5.91 Å². The third-order valence-electron chi connectivity index (χ3n) is 2.99. The van der Waals surface area contributed by atoms with Crippen LogP contribution in [0.2, 0.25) is 0 Å². The van der Waals surface area contributed by atoms with Crippen molar-refractivity contribution in [3.05, 3.63) is 12.2 Å². The molecule has 0 saturated carbocycles. The van der Waals surface area contributed by atoms with Crippen LogP contribution >= 0.6 is 0 Å². The molecule has 0 aromatic rings. The van der Waals surface area contributed by atoms with Crippen LogP contribution < -0.4 is 0 Å². The number of amides is 2. The monoisotopic (exact) mass is 236 g/mol. The Morgan fingerprint density at radius 3 is 3.24 bits per heavy atom. The molecule has 0 radical (unpaired) electrons. The third-order valence-corrected chi connectivity index (χ3v) is 2.99. The zero-order valence-electron chi connectivity index (χ0n) is 9.89. The van der Waals surface area contributed by atoms with Crippen molar-refractivity contribution in [2.24, 2.45) is 10.9 Å². The molecule has 0 bridgehead atoms. The molecule has 92 valence electrons. The third kappa shape index (κ3) is 2.79. The number of fused-ring (bicyclic) bond motifs is 1. The molecule has 0 spiro atoms. The molecule has 1 atom stereocenters. The quantitative estimate of drug-likeness (QED) is 0.713. The van der Waals surface area contributed by atoms with Crippen molar-refractivity contribution in [2.45, 2.75) is 13.3 Å². The first-order valence-electron chi connectivity index (χ1n) is 5.86. The van der Waals surface area contributed by atoms with Gasteiger partial charge in [-0.1, -0.05) is 6.08 Å². The molecule has 1 fully saturated rings. The van der Waals surface area contributed by atoms with E-state index in [0.717, 1.165) is 5.71 Å². The molecule has 5 nitrogen and oxygen atoms in total. The van der Waals surface area contributed by atoms with Crippen LogP contribution in [0.1, 0.15) is 13.3 Å². The van der Waals surface area contributed by atoms with Gasteiger partial charge in [0, 0.05) is 43.8 Å². The lowest BCUT2D eigenvalue weighted by Gasteiger charge is -2.33. The summed E-state index contributed by atoms with van der Waals surface area (Å²) in [6.07, 6.45) is 3.99. The molecule has 5 heteroatoms. The standard InChI is InChI=1S/C12H16N2O3/c1-2-17-8-12(16)14-6-5-10-9(7-14)3-4-11(15)13-10/h3-4,9H,2,5-8H2,1H3. The van der Waals surface area contributed by atoms with Crippen LogP contribution in [0.5, 0.6) is 0 Å². The zero-order chi connectivity index (χ0) is 12.3. The molecule has 0 N–H and O–H groups in total. The fraction of sp³-hybridized carbons (Fsp3) is 0.583. The minimum absolute atomic E-state index is 0.0104. The average Bonchev–Trinajstić information content (AvgIpc) is 2.35. The summed E-state index contributed by atoms with van der Waals surface area (Å²) in [6, 6.07) is 0. The SMILES string of the molecule is CCOCC(=O)N1CCC2=NC(=O)C=CC2C1. The van der Waals surface area contributed by atoms with Crippen molar-refractivity contribution >= 4 is 17.5 Å². The van der Waals surface area contributed by atoms with Crippen LogP contribution in [0.15, 0.2) is 17.1 Å². The van der Waals surface area contributed by atoms with Gasteiger partial charge < -0.3 is 9.64 Å². The van der Waals surface area contributed by atoms with E-state index in [1.165, 1.54) is 6.08 Å². The summed E-state index contributed by atoms with van der Waals surface area (Å²) < 4.78 is 5.11. The summed E-state index contributed by atoms with van der Waals surface area (Å²) in [5, 5.41) is 0. The number of hydrogen-bond donors (Lipinski definition) is 0. The zero-order valence-corrected chi connectivity index (χ0v) is 9.89. The second-order valence-corrected chi connectivity index (χ2v) is 4.13. The van der Waals surface area contributed by atoms with Crippen molar-refractivity contribution in [1.82, 2.24) is 4.90 Å². The van der Waals surface area contributed by atoms with Gasteiger partial charge in [0.25, 0.3) is 5.91 Å². The first-order valence-corrected chi connectivity index (χ1v) is 5.86. The minimum Gasteiger partial charge on any atom is -0.372 e. The number of nitrogens with zero attached hydrogens (tertiary/aromatic N) is 2. The Morgan fingerprint density at radius 2 is 2.47 bits per heavy atom. The summed E-state index contributed by atoms with van der Waals surface area (Å²) in [6.45, 7) is 3.78. The molecule has 1 unspecified atom stereocenters. The predicted octanol–water partition coefficient (Wildman–Crippen LogP) is 0.409. The van der Waals surface area contributed by atoms with Gasteiger partial charge in [-0.2, -0.15) is 0 Å². The summed E-state index contributed by atoms with van der Waals surface area (Å²) >= 11 is 0. The van der Waals surface area contributed by atoms with E-state index >= 15 is 0 Å². The smallest absolute Gasteiger partial charge is 0.269 e. The number of aliphatic imine (C=N–C) groups is 1.